The van der Waals surface area contributed by atoms with Gasteiger partial charge in [-0.2, -0.15) is 0 Å². The summed E-state index contributed by atoms with van der Waals surface area (Å²) >= 11 is 3.39. The van der Waals surface area contributed by atoms with Crippen LogP contribution in [0.1, 0.15) is 18.4 Å². The van der Waals surface area contributed by atoms with Gasteiger partial charge in [0.1, 0.15) is 5.41 Å². The van der Waals surface area contributed by atoms with Gasteiger partial charge < -0.3 is 10.1 Å². The third kappa shape index (κ3) is 2.27. The minimum absolute atomic E-state index is 0.293. The Morgan fingerprint density at radius 1 is 1.39 bits per heavy atom. The van der Waals surface area contributed by atoms with Crippen molar-refractivity contribution >= 4 is 33.5 Å². The molecular weight excluding hydrogens is 298 g/mol. The van der Waals surface area contributed by atoms with Crippen LogP contribution in [-0.4, -0.2) is 19.0 Å². The fourth-order valence-corrected chi connectivity index (χ4v) is 2.40. The Morgan fingerprint density at radius 3 is 2.56 bits per heavy atom. The lowest BCUT2D eigenvalue weighted by Gasteiger charge is -2.14. The van der Waals surface area contributed by atoms with E-state index < -0.39 is 11.4 Å². The van der Waals surface area contributed by atoms with Crippen molar-refractivity contribution in [1.82, 2.24) is 0 Å². The molecule has 1 fully saturated rings. The highest BCUT2D eigenvalue weighted by Crippen LogP contribution is 2.47. The summed E-state index contributed by atoms with van der Waals surface area (Å²) < 4.78 is 5.48. The lowest BCUT2D eigenvalue weighted by Crippen LogP contribution is -2.32. The van der Waals surface area contributed by atoms with E-state index in [1.807, 2.05) is 25.1 Å². The van der Waals surface area contributed by atoms with Gasteiger partial charge in [0.25, 0.3) is 0 Å². The number of carbonyl (C=O) groups is 2. The highest BCUT2D eigenvalue weighted by atomic mass is 79.9. The first-order valence-electron chi connectivity index (χ1n) is 5.65. The van der Waals surface area contributed by atoms with Gasteiger partial charge in [-0.1, -0.05) is 6.07 Å². The fraction of sp³-hybridized carbons (Fsp3) is 0.385. The maximum Gasteiger partial charge on any atom is 0.321 e. The van der Waals surface area contributed by atoms with Crippen molar-refractivity contribution < 1.29 is 14.3 Å². The van der Waals surface area contributed by atoms with Crippen molar-refractivity contribution in [3.05, 3.63) is 28.2 Å². The molecule has 4 nitrogen and oxygen atoms in total. The SMILES string of the molecule is COC(=O)C1(C(=O)Nc2ccc(C)cc2Br)CC1. The van der Waals surface area contributed by atoms with Crippen LogP contribution < -0.4 is 5.32 Å². The van der Waals surface area contributed by atoms with Crippen LogP contribution in [0.2, 0.25) is 0 Å². The molecule has 1 aromatic carbocycles. The highest BCUT2D eigenvalue weighted by Gasteiger charge is 2.57. The molecule has 0 bridgehead atoms. The van der Waals surface area contributed by atoms with E-state index in [0.717, 1.165) is 10.0 Å². The van der Waals surface area contributed by atoms with Gasteiger partial charge in [0.15, 0.2) is 0 Å². The molecule has 0 saturated heterocycles. The first-order chi connectivity index (χ1) is 8.49. The number of hydrogen-bond donors (Lipinski definition) is 1. The number of anilines is 1. The molecule has 0 heterocycles. The molecule has 1 aliphatic carbocycles. The Labute approximate surface area is 114 Å². The molecule has 5 heteroatoms. The maximum absolute atomic E-state index is 12.1. The largest absolute Gasteiger partial charge is 0.468 e. The summed E-state index contributed by atoms with van der Waals surface area (Å²) in [5.41, 5.74) is 0.786. The van der Waals surface area contributed by atoms with E-state index in [4.69, 9.17) is 0 Å². The zero-order valence-corrected chi connectivity index (χ0v) is 11.8. The summed E-state index contributed by atoms with van der Waals surface area (Å²) in [5.74, 6) is -0.748. The zero-order chi connectivity index (χ0) is 13.3. The summed E-state index contributed by atoms with van der Waals surface area (Å²) in [7, 11) is 1.30. The van der Waals surface area contributed by atoms with Crippen LogP contribution in [0.25, 0.3) is 0 Å². The van der Waals surface area contributed by atoms with Crippen LogP contribution in [0, 0.1) is 12.3 Å². The number of ether oxygens (including phenoxy) is 1. The Morgan fingerprint density at radius 2 is 2.06 bits per heavy atom. The van der Waals surface area contributed by atoms with Gasteiger partial charge in [-0.25, -0.2) is 0 Å². The molecule has 0 unspecified atom stereocenters. The van der Waals surface area contributed by atoms with E-state index in [1.54, 1.807) is 0 Å². The van der Waals surface area contributed by atoms with Gasteiger partial charge >= 0.3 is 5.97 Å². The number of nitrogens with one attached hydrogen (secondary N) is 1. The molecule has 0 aromatic heterocycles. The fourth-order valence-electron chi connectivity index (χ4n) is 1.81. The summed E-state index contributed by atoms with van der Waals surface area (Å²) in [6.07, 6.45) is 1.10. The summed E-state index contributed by atoms with van der Waals surface area (Å²) in [6, 6.07) is 5.62. The second-order valence-corrected chi connectivity index (χ2v) is 5.37. The van der Waals surface area contributed by atoms with Crippen LogP contribution in [-0.2, 0) is 14.3 Å². The van der Waals surface area contributed by atoms with Crippen LogP contribution in [0.3, 0.4) is 0 Å². The predicted octanol–water partition coefficient (Wildman–Crippen LogP) is 2.65. The van der Waals surface area contributed by atoms with Gasteiger partial charge in [0.05, 0.1) is 12.8 Å². The smallest absolute Gasteiger partial charge is 0.321 e. The lowest BCUT2D eigenvalue weighted by atomic mass is 10.1. The number of esters is 1. The van der Waals surface area contributed by atoms with Gasteiger partial charge in [-0.15, -0.1) is 0 Å². The zero-order valence-electron chi connectivity index (χ0n) is 10.2. The average Bonchev–Trinajstić information content (AvgIpc) is 3.13. The summed E-state index contributed by atoms with van der Waals surface area (Å²) in [6.45, 7) is 1.97. The van der Waals surface area contributed by atoms with Crippen molar-refractivity contribution in [2.24, 2.45) is 5.41 Å². The standard InChI is InChI=1S/C13H14BrNO3/c1-8-3-4-10(9(14)7-8)15-11(16)13(5-6-13)12(17)18-2/h3-4,7H,5-6H2,1-2H3,(H,15,16). The van der Waals surface area contributed by atoms with Crippen molar-refractivity contribution in [1.29, 1.82) is 0 Å². The van der Waals surface area contributed by atoms with E-state index in [0.29, 0.717) is 18.5 Å². The molecule has 1 saturated carbocycles. The van der Waals surface area contributed by atoms with Gasteiger partial charge in [-0.05, 0) is 53.4 Å². The molecule has 0 radical (unpaired) electrons. The van der Waals surface area contributed by atoms with Crippen molar-refractivity contribution in [2.75, 3.05) is 12.4 Å². The first-order valence-corrected chi connectivity index (χ1v) is 6.45. The molecular formula is C13H14BrNO3. The van der Waals surface area contributed by atoms with E-state index in [-0.39, 0.29) is 5.91 Å². The Bertz CT molecular complexity index is 509. The number of halogens is 1. The molecule has 1 amide bonds. The van der Waals surface area contributed by atoms with Gasteiger partial charge in [-0.3, -0.25) is 9.59 Å². The maximum atomic E-state index is 12.1. The average molecular weight is 312 g/mol. The Hall–Kier alpha value is -1.36. The van der Waals surface area contributed by atoms with Crippen molar-refractivity contribution in [3.63, 3.8) is 0 Å². The Kier molecular flexibility index (Phi) is 3.43. The molecule has 0 atom stereocenters. The molecule has 0 aliphatic heterocycles. The first kappa shape index (κ1) is 13.1. The van der Waals surface area contributed by atoms with Gasteiger partial charge in [0.2, 0.25) is 5.91 Å². The van der Waals surface area contributed by atoms with E-state index >= 15 is 0 Å². The van der Waals surface area contributed by atoms with Crippen LogP contribution >= 0.6 is 15.9 Å². The second kappa shape index (κ2) is 4.72. The van der Waals surface area contributed by atoms with Crippen LogP contribution in [0.4, 0.5) is 5.69 Å². The van der Waals surface area contributed by atoms with Crippen molar-refractivity contribution in [3.8, 4) is 0 Å². The Balaban J connectivity index is 2.15. The predicted molar refractivity (Wildman–Crippen MR) is 71.2 cm³/mol. The third-order valence-electron chi connectivity index (χ3n) is 3.13. The molecule has 1 aliphatic rings. The minimum Gasteiger partial charge on any atom is -0.468 e. The topological polar surface area (TPSA) is 55.4 Å². The number of amides is 1. The number of aryl methyl sites for hydroxylation is 1. The van der Waals surface area contributed by atoms with Crippen LogP contribution in [0.15, 0.2) is 22.7 Å². The second-order valence-electron chi connectivity index (χ2n) is 4.51. The monoisotopic (exact) mass is 311 g/mol. The van der Waals surface area contributed by atoms with Gasteiger partial charge in [0, 0.05) is 4.47 Å². The lowest BCUT2D eigenvalue weighted by molar-refractivity contribution is -0.150. The van der Waals surface area contributed by atoms with Crippen molar-refractivity contribution in [2.45, 2.75) is 19.8 Å². The number of carbonyl (C=O) groups excluding carboxylic acids is 2. The summed E-state index contributed by atoms with van der Waals surface area (Å²) in [4.78, 5) is 23.7. The number of benzene rings is 1. The molecule has 1 N–H and O–H groups in total. The molecule has 18 heavy (non-hydrogen) atoms. The third-order valence-corrected chi connectivity index (χ3v) is 3.79. The number of methoxy groups -OCH3 is 1. The van der Waals surface area contributed by atoms with E-state index in [9.17, 15) is 9.59 Å². The number of rotatable bonds is 3. The molecule has 0 spiro atoms. The summed E-state index contributed by atoms with van der Waals surface area (Å²) in [5, 5.41) is 2.77. The molecule has 96 valence electrons. The molecule has 2 rings (SSSR count). The van der Waals surface area contributed by atoms with E-state index in [2.05, 4.69) is 26.0 Å². The van der Waals surface area contributed by atoms with Crippen LogP contribution in [0.5, 0.6) is 0 Å². The normalized spacial score (nSPS) is 15.9. The minimum atomic E-state index is -0.973. The van der Waals surface area contributed by atoms with E-state index in [1.165, 1.54) is 7.11 Å². The quantitative estimate of drug-likeness (QED) is 0.689. The number of hydrogen-bond acceptors (Lipinski definition) is 3. The highest BCUT2D eigenvalue weighted by molar-refractivity contribution is 9.10. The molecule has 1 aromatic rings.